The van der Waals surface area contributed by atoms with Gasteiger partial charge in [-0.3, -0.25) is 4.79 Å². The average molecular weight is 345 g/mol. The second-order valence-electron chi connectivity index (χ2n) is 5.74. The number of thiophene rings is 1. The van der Waals surface area contributed by atoms with Crippen molar-refractivity contribution in [3.05, 3.63) is 11.4 Å². The van der Waals surface area contributed by atoms with Gasteiger partial charge < -0.3 is 10.1 Å². The lowest BCUT2D eigenvalue weighted by Crippen LogP contribution is -2.31. The number of amides is 1. The van der Waals surface area contributed by atoms with E-state index in [-0.39, 0.29) is 23.5 Å². The molecule has 0 spiro atoms. The molecule has 0 unspecified atom stereocenters. The second kappa shape index (κ2) is 7.57. The van der Waals surface area contributed by atoms with Crippen LogP contribution < -0.4 is 5.32 Å². The predicted molar refractivity (Wildman–Crippen MR) is 88.0 cm³/mol. The van der Waals surface area contributed by atoms with Crippen LogP contribution in [-0.2, 0) is 19.4 Å². The smallest absolute Gasteiger partial charge is 0.251 e. The summed E-state index contributed by atoms with van der Waals surface area (Å²) in [6.07, 6.45) is 6.88. The van der Waals surface area contributed by atoms with Crippen molar-refractivity contribution >= 4 is 32.1 Å². The van der Waals surface area contributed by atoms with E-state index in [1.165, 1.54) is 23.8 Å². The maximum Gasteiger partial charge on any atom is 0.251 e. The van der Waals surface area contributed by atoms with Crippen molar-refractivity contribution in [2.24, 2.45) is 5.92 Å². The Bertz CT molecular complexity index is 609. The summed E-state index contributed by atoms with van der Waals surface area (Å²) >= 11 is 1.20. The largest absolute Gasteiger partial charge is 0.368 e. The van der Waals surface area contributed by atoms with E-state index in [1.54, 1.807) is 5.38 Å². The van der Waals surface area contributed by atoms with Gasteiger partial charge in [0.15, 0.2) is 9.84 Å². The van der Waals surface area contributed by atoms with Gasteiger partial charge >= 0.3 is 0 Å². The average Bonchev–Trinajstić information content (AvgIpc) is 2.93. The van der Waals surface area contributed by atoms with Crippen LogP contribution in [0.5, 0.6) is 0 Å². The zero-order valence-electron chi connectivity index (χ0n) is 13.0. The molecule has 1 aliphatic rings. The third-order valence-corrected chi connectivity index (χ3v) is 6.17. The molecule has 0 saturated heterocycles. The number of rotatable bonds is 6. The second-order valence-corrected chi connectivity index (χ2v) is 8.64. The molecule has 1 fully saturated rings. The van der Waals surface area contributed by atoms with Crippen LogP contribution >= 0.6 is 11.3 Å². The maximum absolute atomic E-state index is 12.0. The molecule has 22 heavy (non-hydrogen) atoms. The number of hydrogen-bond acceptors (Lipinski definition) is 5. The molecular formula is C15H23NO4S2. The lowest BCUT2D eigenvalue weighted by atomic mass is 9.85. The zero-order valence-corrected chi connectivity index (χ0v) is 14.6. The van der Waals surface area contributed by atoms with Crippen LogP contribution in [0.25, 0.3) is 0 Å². The topological polar surface area (TPSA) is 72.5 Å². The fourth-order valence-electron chi connectivity index (χ4n) is 2.89. The summed E-state index contributed by atoms with van der Waals surface area (Å²) < 4.78 is 29.0. The van der Waals surface area contributed by atoms with Crippen molar-refractivity contribution in [3.63, 3.8) is 0 Å². The quantitative estimate of drug-likeness (QED) is 0.860. The number of ether oxygens (including phenoxy) is 1. The van der Waals surface area contributed by atoms with Crippen LogP contribution in [0.2, 0.25) is 0 Å². The molecule has 0 bridgehead atoms. The van der Waals surface area contributed by atoms with Crippen molar-refractivity contribution in [3.8, 4) is 0 Å². The minimum atomic E-state index is -3.33. The van der Waals surface area contributed by atoms with Gasteiger partial charge in [-0.25, -0.2) is 8.42 Å². The monoisotopic (exact) mass is 345 g/mol. The van der Waals surface area contributed by atoms with Gasteiger partial charge in [-0.15, -0.1) is 11.3 Å². The van der Waals surface area contributed by atoms with E-state index >= 15 is 0 Å². The van der Waals surface area contributed by atoms with Crippen molar-refractivity contribution in [1.82, 2.24) is 0 Å². The Morgan fingerprint density at radius 1 is 1.41 bits per heavy atom. The highest BCUT2D eigenvalue weighted by atomic mass is 32.2. The third kappa shape index (κ3) is 4.54. The molecule has 1 N–H and O–H groups in total. The van der Waals surface area contributed by atoms with Crippen LogP contribution in [0.15, 0.2) is 16.3 Å². The van der Waals surface area contributed by atoms with Crippen LogP contribution in [0.1, 0.15) is 39.0 Å². The van der Waals surface area contributed by atoms with E-state index in [0.29, 0.717) is 10.9 Å². The Hall–Kier alpha value is -0.920. The van der Waals surface area contributed by atoms with Crippen molar-refractivity contribution in [2.45, 2.75) is 50.0 Å². The van der Waals surface area contributed by atoms with Gasteiger partial charge in [-0.05, 0) is 30.2 Å². The van der Waals surface area contributed by atoms with Gasteiger partial charge in [0, 0.05) is 6.26 Å². The molecule has 0 radical (unpaired) electrons. The Kier molecular flexibility index (Phi) is 6.00. The standard InChI is InChI=1S/C15H23NO4S2/c1-3-11-6-4-5-7-12(11)20-10-14(17)16-15-13(8-9-21-15)22(2,18)19/h8-9,11-12H,3-7,10H2,1-2H3,(H,16,17)/t11-,12+/m0/s1. The molecule has 124 valence electrons. The number of anilines is 1. The fourth-order valence-corrected chi connectivity index (χ4v) is 4.97. The molecule has 1 heterocycles. The molecule has 7 heteroatoms. The Balaban J connectivity index is 1.90. The number of hydrogen-bond donors (Lipinski definition) is 1. The lowest BCUT2D eigenvalue weighted by molar-refractivity contribution is -0.124. The molecule has 1 aliphatic carbocycles. The van der Waals surface area contributed by atoms with E-state index in [2.05, 4.69) is 12.2 Å². The first kappa shape index (κ1) is 17.4. The summed E-state index contributed by atoms with van der Waals surface area (Å²) in [5.41, 5.74) is 0. The zero-order chi connectivity index (χ0) is 16.2. The van der Waals surface area contributed by atoms with Crippen molar-refractivity contribution < 1.29 is 17.9 Å². The number of nitrogens with one attached hydrogen (secondary N) is 1. The first-order valence-electron chi connectivity index (χ1n) is 7.60. The van der Waals surface area contributed by atoms with Crippen LogP contribution in [-0.4, -0.2) is 33.3 Å². The summed E-state index contributed by atoms with van der Waals surface area (Å²) in [6, 6.07) is 1.50. The minimum absolute atomic E-state index is 0.0255. The first-order chi connectivity index (χ1) is 10.4. The van der Waals surface area contributed by atoms with Gasteiger partial charge in [0.2, 0.25) is 0 Å². The Labute approximate surface area is 136 Å². The predicted octanol–water partition coefficient (Wildman–Crippen LogP) is 3.08. The molecular weight excluding hydrogens is 322 g/mol. The lowest BCUT2D eigenvalue weighted by Gasteiger charge is -2.30. The summed E-state index contributed by atoms with van der Waals surface area (Å²) in [7, 11) is -3.33. The molecule has 0 aromatic carbocycles. The highest BCUT2D eigenvalue weighted by Gasteiger charge is 2.25. The molecule has 5 nitrogen and oxygen atoms in total. The Morgan fingerprint density at radius 3 is 2.82 bits per heavy atom. The Morgan fingerprint density at radius 2 is 2.14 bits per heavy atom. The maximum atomic E-state index is 12.0. The molecule has 0 aliphatic heterocycles. The van der Waals surface area contributed by atoms with Gasteiger partial charge in [-0.1, -0.05) is 26.2 Å². The van der Waals surface area contributed by atoms with Gasteiger partial charge in [-0.2, -0.15) is 0 Å². The fraction of sp³-hybridized carbons (Fsp3) is 0.667. The van der Waals surface area contributed by atoms with Crippen molar-refractivity contribution in [1.29, 1.82) is 0 Å². The molecule has 1 aromatic heterocycles. The first-order valence-corrected chi connectivity index (χ1v) is 10.4. The molecule has 2 rings (SSSR count). The summed E-state index contributed by atoms with van der Waals surface area (Å²) in [5, 5.41) is 4.67. The SMILES string of the molecule is CC[C@H]1CCCC[C@H]1OCC(=O)Nc1sccc1S(C)(=O)=O. The summed E-state index contributed by atoms with van der Waals surface area (Å²) in [5.74, 6) is 0.225. The van der Waals surface area contributed by atoms with E-state index in [1.807, 2.05) is 0 Å². The number of carbonyl (C=O) groups excluding carboxylic acids is 1. The van der Waals surface area contributed by atoms with E-state index in [9.17, 15) is 13.2 Å². The van der Waals surface area contributed by atoms with E-state index < -0.39 is 9.84 Å². The highest BCUT2D eigenvalue weighted by molar-refractivity contribution is 7.91. The van der Waals surface area contributed by atoms with Crippen LogP contribution in [0, 0.1) is 5.92 Å². The highest BCUT2D eigenvalue weighted by Crippen LogP contribution is 2.30. The molecule has 1 aromatic rings. The van der Waals surface area contributed by atoms with Crippen molar-refractivity contribution in [2.75, 3.05) is 18.2 Å². The van der Waals surface area contributed by atoms with E-state index in [4.69, 9.17) is 4.74 Å². The molecule has 1 saturated carbocycles. The normalized spacial score (nSPS) is 22.5. The van der Waals surface area contributed by atoms with E-state index in [0.717, 1.165) is 31.9 Å². The number of carbonyl (C=O) groups is 1. The minimum Gasteiger partial charge on any atom is -0.368 e. The summed E-state index contributed by atoms with van der Waals surface area (Å²) in [4.78, 5) is 12.2. The van der Waals surface area contributed by atoms with Gasteiger partial charge in [0.25, 0.3) is 5.91 Å². The van der Waals surface area contributed by atoms with Gasteiger partial charge in [0.1, 0.15) is 16.5 Å². The third-order valence-electron chi connectivity index (χ3n) is 4.07. The number of sulfone groups is 1. The molecule has 1 amide bonds. The van der Waals surface area contributed by atoms with Gasteiger partial charge in [0.05, 0.1) is 6.10 Å². The van der Waals surface area contributed by atoms with Crippen LogP contribution in [0.4, 0.5) is 5.00 Å². The molecule has 2 atom stereocenters. The summed E-state index contributed by atoms with van der Waals surface area (Å²) in [6.45, 7) is 2.12. The van der Waals surface area contributed by atoms with Crippen LogP contribution in [0.3, 0.4) is 0 Å².